The maximum absolute atomic E-state index is 5.44. The van der Waals surface area contributed by atoms with E-state index in [9.17, 15) is 0 Å². The fourth-order valence-electron chi connectivity index (χ4n) is 2.13. The molecule has 0 amide bonds. The highest BCUT2D eigenvalue weighted by Crippen LogP contribution is 2.35. The molecule has 0 aliphatic carbocycles. The van der Waals surface area contributed by atoms with Crippen LogP contribution in [-0.4, -0.2) is 17.5 Å². The average molecular weight is 239 g/mol. The van der Waals surface area contributed by atoms with Gasteiger partial charge in [-0.2, -0.15) is 11.8 Å². The van der Waals surface area contributed by atoms with Gasteiger partial charge in [0, 0.05) is 11.8 Å². The molecule has 0 bridgehead atoms. The van der Waals surface area contributed by atoms with Gasteiger partial charge in [0.2, 0.25) is 0 Å². The summed E-state index contributed by atoms with van der Waals surface area (Å²) in [6.07, 6.45) is 3.04. The molecule has 2 nitrogen and oxygen atoms in total. The lowest BCUT2D eigenvalue weighted by Gasteiger charge is -2.40. The van der Waals surface area contributed by atoms with E-state index in [2.05, 4.69) is 37.8 Å². The third kappa shape index (κ3) is 2.64. The maximum Gasteiger partial charge on any atom is 0.120 e. The molecule has 0 spiro atoms. The smallest absolute Gasteiger partial charge is 0.120 e. The van der Waals surface area contributed by atoms with Crippen molar-refractivity contribution in [1.82, 2.24) is 5.32 Å². The number of thioether (sulfide) groups is 1. The van der Waals surface area contributed by atoms with Crippen LogP contribution in [0.4, 0.5) is 0 Å². The average Bonchev–Trinajstić information content (AvgIpc) is 2.74. The number of nitrogens with one attached hydrogen (secondary N) is 1. The lowest BCUT2D eigenvalue weighted by Crippen LogP contribution is -2.47. The minimum atomic E-state index is 0.304. The van der Waals surface area contributed by atoms with Crippen molar-refractivity contribution >= 4 is 11.8 Å². The standard InChI is InChI=1S/C13H21NOS/c1-10(11-5-4-7-15-11)14-12-9-16-8-6-13(12,2)3/h4-5,7,10,12,14H,6,8-9H2,1-3H3/t10-,12?/m0/s1. The zero-order chi connectivity index (χ0) is 11.6. The molecule has 2 heterocycles. The molecule has 90 valence electrons. The van der Waals surface area contributed by atoms with E-state index < -0.39 is 0 Å². The molecule has 1 saturated heterocycles. The molecule has 0 saturated carbocycles. The van der Waals surface area contributed by atoms with Gasteiger partial charge in [0.05, 0.1) is 12.3 Å². The Hall–Kier alpha value is -0.410. The molecular weight excluding hydrogens is 218 g/mol. The van der Waals surface area contributed by atoms with Crippen molar-refractivity contribution in [2.45, 2.75) is 39.3 Å². The number of hydrogen-bond acceptors (Lipinski definition) is 3. The summed E-state index contributed by atoms with van der Waals surface area (Å²) in [6.45, 7) is 6.90. The second-order valence-corrected chi connectivity index (χ2v) is 6.42. The highest BCUT2D eigenvalue weighted by Gasteiger charge is 2.33. The SMILES string of the molecule is C[C@H](NC1CSCCC1(C)C)c1ccco1. The highest BCUT2D eigenvalue weighted by atomic mass is 32.2. The van der Waals surface area contributed by atoms with Crippen LogP contribution in [0.2, 0.25) is 0 Å². The van der Waals surface area contributed by atoms with Crippen LogP contribution in [0.5, 0.6) is 0 Å². The van der Waals surface area contributed by atoms with Crippen LogP contribution in [-0.2, 0) is 0 Å². The van der Waals surface area contributed by atoms with Gasteiger partial charge >= 0.3 is 0 Å². The maximum atomic E-state index is 5.44. The number of furan rings is 1. The molecule has 2 atom stereocenters. The van der Waals surface area contributed by atoms with Crippen molar-refractivity contribution in [3.8, 4) is 0 Å². The van der Waals surface area contributed by atoms with E-state index in [1.54, 1.807) is 6.26 Å². The predicted octanol–water partition coefficient (Wildman–Crippen LogP) is 3.46. The lowest BCUT2D eigenvalue weighted by molar-refractivity contribution is 0.224. The van der Waals surface area contributed by atoms with Gasteiger partial charge in [0.25, 0.3) is 0 Å². The van der Waals surface area contributed by atoms with Gasteiger partial charge in [-0.1, -0.05) is 13.8 Å². The van der Waals surface area contributed by atoms with Crippen LogP contribution in [0, 0.1) is 5.41 Å². The Balaban J connectivity index is 1.98. The van der Waals surface area contributed by atoms with E-state index in [1.807, 2.05) is 12.1 Å². The van der Waals surface area contributed by atoms with Crippen molar-refractivity contribution < 1.29 is 4.42 Å². The molecule has 16 heavy (non-hydrogen) atoms. The molecule has 1 aliphatic rings. The lowest BCUT2D eigenvalue weighted by atomic mass is 9.82. The molecule has 0 aromatic carbocycles. The summed E-state index contributed by atoms with van der Waals surface area (Å²) >= 11 is 2.05. The van der Waals surface area contributed by atoms with E-state index in [1.165, 1.54) is 17.9 Å². The Bertz CT molecular complexity index is 321. The fourth-order valence-corrected chi connectivity index (χ4v) is 3.75. The molecule has 2 rings (SSSR count). The van der Waals surface area contributed by atoms with Crippen LogP contribution in [0.15, 0.2) is 22.8 Å². The second kappa shape index (κ2) is 4.84. The zero-order valence-corrected chi connectivity index (χ0v) is 11.1. The summed E-state index contributed by atoms with van der Waals surface area (Å²) in [7, 11) is 0. The van der Waals surface area contributed by atoms with Gasteiger partial charge in [-0.3, -0.25) is 0 Å². The predicted molar refractivity (Wildman–Crippen MR) is 69.8 cm³/mol. The molecule has 1 fully saturated rings. The van der Waals surface area contributed by atoms with Crippen LogP contribution in [0.1, 0.15) is 39.0 Å². The molecule has 0 radical (unpaired) electrons. The van der Waals surface area contributed by atoms with Gasteiger partial charge in [-0.25, -0.2) is 0 Å². The van der Waals surface area contributed by atoms with E-state index in [4.69, 9.17) is 4.42 Å². The Morgan fingerprint density at radius 1 is 1.56 bits per heavy atom. The summed E-state index contributed by atoms with van der Waals surface area (Å²) in [5, 5.41) is 3.70. The van der Waals surface area contributed by atoms with E-state index in [-0.39, 0.29) is 0 Å². The minimum Gasteiger partial charge on any atom is -0.468 e. The first-order valence-electron chi connectivity index (χ1n) is 5.97. The summed E-state index contributed by atoms with van der Waals surface area (Å²) in [4.78, 5) is 0. The van der Waals surface area contributed by atoms with Gasteiger partial charge in [0.1, 0.15) is 5.76 Å². The van der Waals surface area contributed by atoms with Crippen molar-refractivity contribution in [2.24, 2.45) is 5.41 Å². The number of hydrogen-bond donors (Lipinski definition) is 1. The Morgan fingerprint density at radius 3 is 3.00 bits per heavy atom. The summed E-state index contributed by atoms with van der Waals surface area (Å²) < 4.78 is 5.44. The van der Waals surface area contributed by atoms with Crippen molar-refractivity contribution in [3.05, 3.63) is 24.2 Å². The molecular formula is C13H21NOS. The Kier molecular flexibility index (Phi) is 3.65. The molecule has 1 aromatic heterocycles. The van der Waals surface area contributed by atoms with Crippen LogP contribution in [0.25, 0.3) is 0 Å². The second-order valence-electron chi connectivity index (χ2n) is 5.27. The van der Waals surface area contributed by atoms with Crippen molar-refractivity contribution in [2.75, 3.05) is 11.5 Å². The third-order valence-electron chi connectivity index (χ3n) is 3.54. The van der Waals surface area contributed by atoms with Crippen LogP contribution >= 0.6 is 11.8 Å². The third-order valence-corrected chi connectivity index (χ3v) is 4.60. The summed E-state index contributed by atoms with van der Waals surface area (Å²) in [5.41, 5.74) is 0.395. The van der Waals surface area contributed by atoms with Gasteiger partial charge in [0.15, 0.2) is 0 Å². The molecule has 3 heteroatoms. The zero-order valence-electron chi connectivity index (χ0n) is 10.3. The Labute approximate surface area is 102 Å². The Morgan fingerprint density at radius 2 is 2.38 bits per heavy atom. The van der Waals surface area contributed by atoms with Gasteiger partial charge in [-0.05, 0) is 36.6 Å². The first-order chi connectivity index (χ1) is 7.59. The summed E-state index contributed by atoms with van der Waals surface area (Å²) in [6, 6.07) is 4.87. The van der Waals surface area contributed by atoms with Gasteiger partial charge in [-0.15, -0.1) is 0 Å². The van der Waals surface area contributed by atoms with Crippen LogP contribution < -0.4 is 5.32 Å². The van der Waals surface area contributed by atoms with Gasteiger partial charge < -0.3 is 9.73 Å². The molecule has 1 aliphatic heterocycles. The monoisotopic (exact) mass is 239 g/mol. The fraction of sp³-hybridized carbons (Fsp3) is 0.692. The normalized spacial score (nSPS) is 26.6. The molecule has 1 N–H and O–H groups in total. The first-order valence-corrected chi connectivity index (χ1v) is 7.12. The van der Waals surface area contributed by atoms with E-state index in [0.29, 0.717) is 17.5 Å². The first kappa shape index (κ1) is 12.1. The number of rotatable bonds is 3. The largest absolute Gasteiger partial charge is 0.468 e. The topological polar surface area (TPSA) is 25.2 Å². The molecule has 1 unspecified atom stereocenters. The highest BCUT2D eigenvalue weighted by molar-refractivity contribution is 7.99. The van der Waals surface area contributed by atoms with E-state index >= 15 is 0 Å². The molecule has 1 aromatic rings. The van der Waals surface area contributed by atoms with Crippen LogP contribution in [0.3, 0.4) is 0 Å². The van der Waals surface area contributed by atoms with E-state index in [0.717, 1.165) is 5.76 Å². The quantitative estimate of drug-likeness (QED) is 0.874. The van der Waals surface area contributed by atoms with Crippen molar-refractivity contribution in [3.63, 3.8) is 0 Å². The van der Waals surface area contributed by atoms with Crippen molar-refractivity contribution in [1.29, 1.82) is 0 Å². The minimum absolute atomic E-state index is 0.304. The summed E-state index contributed by atoms with van der Waals surface area (Å²) in [5.74, 6) is 3.53.